The number of ether oxygens (including phenoxy) is 1. The molecule has 0 saturated heterocycles. The second-order valence-corrected chi connectivity index (χ2v) is 6.85. The van der Waals surface area contributed by atoms with Gasteiger partial charge >= 0.3 is 5.97 Å². The van der Waals surface area contributed by atoms with Crippen LogP contribution >= 0.6 is 0 Å². The highest BCUT2D eigenvalue weighted by Gasteiger charge is 2.63. The molecule has 0 amide bonds. The van der Waals surface area contributed by atoms with Crippen LogP contribution in [0.4, 0.5) is 0 Å². The van der Waals surface area contributed by atoms with Gasteiger partial charge in [0.25, 0.3) is 0 Å². The van der Waals surface area contributed by atoms with Crippen molar-refractivity contribution in [2.24, 2.45) is 10.8 Å². The normalized spacial score (nSPS) is 22.1. The van der Waals surface area contributed by atoms with E-state index in [9.17, 15) is 9.90 Å². The molecule has 1 unspecified atom stereocenters. The molecule has 114 valence electrons. The van der Waals surface area contributed by atoms with Crippen LogP contribution in [-0.4, -0.2) is 11.1 Å². The van der Waals surface area contributed by atoms with Gasteiger partial charge in [0, 0.05) is 0 Å². The molecule has 0 aromatic heterocycles. The Kier molecular flexibility index (Phi) is 3.24. The van der Waals surface area contributed by atoms with Gasteiger partial charge in [-0.25, -0.2) is 0 Å². The molecule has 3 heteroatoms. The Morgan fingerprint density at radius 1 is 0.955 bits per heavy atom. The summed E-state index contributed by atoms with van der Waals surface area (Å²) in [5.74, 6) is 0.654. The fourth-order valence-electron chi connectivity index (χ4n) is 2.78. The average molecular weight is 296 g/mol. The zero-order valence-corrected chi connectivity index (χ0v) is 13.1. The first-order chi connectivity index (χ1) is 10.3. The number of rotatable bonds is 3. The van der Waals surface area contributed by atoms with Crippen molar-refractivity contribution in [3.63, 3.8) is 0 Å². The fourth-order valence-corrected chi connectivity index (χ4v) is 2.78. The Balaban J connectivity index is 1.72. The predicted molar refractivity (Wildman–Crippen MR) is 85.7 cm³/mol. The molecule has 1 saturated carbocycles. The molecule has 0 radical (unpaired) electrons. The Hall–Kier alpha value is -2.29. The van der Waals surface area contributed by atoms with E-state index in [1.807, 2.05) is 31.2 Å². The zero-order valence-electron chi connectivity index (χ0n) is 13.1. The molecule has 0 heterocycles. The molecule has 22 heavy (non-hydrogen) atoms. The molecule has 1 aliphatic rings. The predicted octanol–water partition coefficient (Wildman–Crippen LogP) is 4.40. The zero-order chi connectivity index (χ0) is 16.0. The minimum atomic E-state index is -0.372. The van der Waals surface area contributed by atoms with Gasteiger partial charge in [-0.3, -0.25) is 4.79 Å². The van der Waals surface area contributed by atoms with Crippen LogP contribution in [0.15, 0.2) is 48.5 Å². The summed E-state index contributed by atoms with van der Waals surface area (Å²) in [5, 5.41) is 9.31. The molecule has 1 aliphatic carbocycles. The summed E-state index contributed by atoms with van der Waals surface area (Å²) < 4.78 is 5.51. The lowest BCUT2D eigenvalue weighted by Crippen LogP contribution is -2.23. The number of carbonyl (C=O) groups excluding carboxylic acids is 1. The third-order valence-corrected chi connectivity index (χ3v) is 4.88. The molecule has 1 N–H and O–H groups in total. The highest BCUT2D eigenvalue weighted by atomic mass is 16.5. The fraction of sp³-hybridized carbons (Fsp3) is 0.316. The number of phenolic OH excluding ortho intramolecular Hbond substituents is 1. The van der Waals surface area contributed by atoms with E-state index in [1.54, 1.807) is 24.3 Å². The van der Waals surface area contributed by atoms with E-state index in [4.69, 9.17) is 4.74 Å². The minimum Gasteiger partial charge on any atom is -0.508 e. The number of carbonyl (C=O) groups is 1. The second kappa shape index (κ2) is 4.87. The van der Waals surface area contributed by atoms with Crippen LogP contribution in [0.5, 0.6) is 11.5 Å². The van der Waals surface area contributed by atoms with Crippen LogP contribution in [0.2, 0.25) is 0 Å². The monoisotopic (exact) mass is 296 g/mol. The summed E-state index contributed by atoms with van der Waals surface area (Å²) in [6.07, 6.45) is 0.866. The maximum atomic E-state index is 12.3. The summed E-state index contributed by atoms with van der Waals surface area (Å²) in [5.41, 5.74) is 1.67. The molecule has 1 fully saturated rings. The van der Waals surface area contributed by atoms with Crippen LogP contribution in [0.1, 0.15) is 27.2 Å². The minimum absolute atomic E-state index is 0.0239. The number of benzene rings is 2. The molecule has 3 rings (SSSR count). The summed E-state index contributed by atoms with van der Waals surface area (Å²) in [6, 6.07) is 14.4. The molecule has 2 aromatic carbocycles. The molecule has 3 nitrogen and oxygen atoms in total. The first-order valence-electron chi connectivity index (χ1n) is 7.44. The van der Waals surface area contributed by atoms with Crippen LogP contribution in [0.25, 0.3) is 11.1 Å². The topological polar surface area (TPSA) is 46.5 Å². The van der Waals surface area contributed by atoms with Gasteiger partial charge in [0.1, 0.15) is 11.5 Å². The quantitative estimate of drug-likeness (QED) is 0.674. The smallest absolute Gasteiger partial charge is 0.317 e. The molecular weight excluding hydrogens is 276 g/mol. The number of hydrogen-bond acceptors (Lipinski definition) is 3. The lowest BCUT2D eigenvalue weighted by molar-refractivity contribution is -0.141. The molecule has 0 spiro atoms. The molecular formula is C19H20O3. The maximum absolute atomic E-state index is 12.3. The van der Waals surface area contributed by atoms with Gasteiger partial charge in [-0.15, -0.1) is 0 Å². The maximum Gasteiger partial charge on any atom is 0.317 e. The Morgan fingerprint density at radius 2 is 1.41 bits per heavy atom. The highest BCUT2D eigenvalue weighted by Crippen LogP contribution is 2.63. The molecule has 0 bridgehead atoms. The first-order valence-corrected chi connectivity index (χ1v) is 7.44. The Labute approximate surface area is 130 Å². The average Bonchev–Trinajstić information content (AvgIpc) is 3.01. The van der Waals surface area contributed by atoms with Crippen molar-refractivity contribution in [3.05, 3.63) is 48.5 Å². The third-order valence-electron chi connectivity index (χ3n) is 4.88. The number of esters is 1. The summed E-state index contributed by atoms with van der Waals surface area (Å²) in [6.45, 7) is 6.13. The van der Waals surface area contributed by atoms with Crippen molar-refractivity contribution in [1.82, 2.24) is 0 Å². The van der Waals surface area contributed by atoms with Crippen molar-refractivity contribution in [2.75, 3.05) is 0 Å². The van der Waals surface area contributed by atoms with Crippen molar-refractivity contribution in [1.29, 1.82) is 0 Å². The van der Waals surface area contributed by atoms with Gasteiger partial charge in [-0.05, 0) is 54.2 Å². The second-order valence-electron chi connectivity index (χ2n) is 6.85. The van der Waals surface area contributed by atoms with Gasteiger partial charge in [0.2, 0.25) is 0 Å². The lowest BCUT2D eigenvalue weighted by Gasteiger charge is -2.14. The first kappa shape index (κ1) is 14.6. The summed E-state index contributed by atoms with van der Waals surface area (Å²) >= 11 is 0. The number of aromatic hydroxyl groups is 1. The van der Waals surface area contributed by atoms with E-state index in [-0.39, 0.29) is 22.5 Å². The molecule has 1 atom stereocenters. The van der Waals surface area contributed by atoms with E-state index in [1.165, 1.54) is 0 Å². The van der Waals surface area contributed by atoms with Gasteiger partial charge in [-0.2, -0.15) is 0 Å². The molecule has 2 aromatic rings. The third kappa shape index (κ3) is 2.47. The SMILES string of the molecule is CC1(C)CC1(C)C(=O)Oc1ccc(-c2ccc(O)cc2)cc1. The van der Waals surface area contributed by atoms with Gasteiger partial charge in [0.15, 0.2) is 0 Å². The van der Waals surface area contributed by atoms with Crippen LogP contribution in [-0.2, 0) is 4.79 Å². The van der Waals surface area contributed by atoms with Crippen molar-refractivity contribution >= 4 is 5.97 Å². The lowest BCUT2D eigenvalue weighted by atomic mass is 9.98. The summed E-state index contributed by atoms with van der Waals surface area (Å²) in [4.78, 5) is 12.3. The van der Waals surface area contributed by atoms with Gasteiger partial charge < -0.3 is 9.84 Å². The number of phenols is 1. The van der Waals surface area contributed by atoms with Gasteiger partial charge in [-0.1, -0.05) is 38.1 Å². The van der Waals surface area contributed by atoms with Crippen LogP contribution < -0.4 is 4.74 Å². The standard InChI is InChI=1S/C19H20O3/c1-18(2)12-19(18,3)17(21)22-16-10-6-14(7-11-16)13-4-8-15(20)9-5-13/h4-11,20H,12H2,1-3H3. The van der Waals surface area contributed by atoms with Crippen molar-refractivity contribution in [2.45, 2.75) is 27.2 Å². The Bertz CT molecular complexity index is 698. The van der Waals surface area contributed by atoms with Crippen molar-refractivity contribution < 1.29 is 14.6 Å². The van der Waals surface area contributed by atoms with E-state index in [2.05, 4.69) is 13.8 Å². The van der Waals surface area contributed by atoms with E-state index >= 15 is 0 Å². The highest BCUT2D eigenvalue weighted by molar-refractivity contribution is 5.83. The van der Waals surface area contributed by atoms with E-state index in [0.29, 0.717) is 5.75 Å². The van der Waals surface area contributed by atoms with Crippen molar-refractivity contribution in [3.8, 4) is 22.6 Å². The van der Waals surface area contributed by atoms with E-state index < -0.39 is 0 Å². The summed E-state index contributed by atoms with van der Waals surface area (Å²) in [7, 11) is 0. The number of hydrogen-bond donors (Lipinski definition) is 1. The van der Waals surface area contributed by atoms with E-state index in [0.717, 1.165) is 17.5 Å². The van der Waals surface area contributed by atoms with Crippen LogP contribution in [0, 0.1) is 10.8 Å². The molecule has 0 aliphatic heterocycles. The Morgan fingerprint density at radius 3 is 1.86 bits per heavy atom. The van der Waals surface area contributed by atoms with Gasteiger partial charge in [0.05, 0.1) is 5.41 Å². The van der Waals surface area contributed by atoms with Crippen LogP contribution in [0.3, 0.4) is 0 Å². The largest absolute Gasteiger partial charge is 0.508 e.